The highest BCUT2D eigenvalue weighted by Crippen LogP contribution is 2.40. The third kappa shape index (κ3) is 3.21. The molecule has 0 bridgehead atoms. The first-order valence-corrected chi connectivity index (χ1v) is 7.00. The maximum atomic E-state index is 9.42. The molecule has 0 aromatic carbocycles. The summed E-state index contributed by atoms with van der Waals surface area (Å²) >= 11 is 1.65. The average Bonchev–Trinajstić information content (AvgIpc) is 3.08. The van der Waals surface area contributed by atoms with Crippen molar-refractivity contribution >= 4 is 11.8 Å². The monoisotopic (exact) mass is 252 g/mol. The molecular weight excluding hydrogens is 232 g/mol. The molecule has 1 heterocycles. The molecular formula is C13H20N2OS. The van der Waals surface area contributed by atoms with E-state index in [9.17, 15) is 5.11 Å². The maximum Gasteiger partial charge on any atom is 0.0966 e. The molecule has 1 atom stereocenters. The van der Waals surface area contributed by atoms with E-state index in [1.165, 1.54) is 5.56 Å². The van der Waals surface area contributed by atoms with Crippen molar-refractivity contribution in [2.75, 3.05) is 12.4 Å². The van der Waals surface area contributed by atoms with Gasteiger partial charge in [0.05, 0.1) is 17.2 Å². The Morgan fingerprint density at radius 1 is 1.47 bits per heavy atom. The molecule has 17 heavy (non-hydrogen) atoms. The van der Waals surface area contributed by atoms with Crippen LogP contribution in [-0.2, 0) is 0 Å². The second kappa shape index (κ2) is 4.96. The first-order valence-electron chi connectivity index (χ1n) is 6.01. The number of rotatable bonds is 5. The number of hydrogen-bond acceptors (Lipinski definition) is 4. The lowest BCUT2D eigenvalue weighted by molar-refractivity contribution is 0.194. The van der Waals surface area contributed by atoms with Crippen LogP contribution >= 0.6 is 11.8 Å². The van der Waals surface area contributed by atoms with Crippen LogP contribution < -0.4 is 5.73 Å². The number of nitrogens with zero attached hydrogens (tertiary/aromatic N) is 1. The Morgan fingerprint density at radius 2 is 2.18 bits per heavy atom. The quantitative estimate of drug-likeness (QED) is 0.786. The van der Waals surface area contributed by atoms with Gasteiger partial charge >= 0.3 is 0 Å². The lowest BCUT2D eigenvalue weighted by atomic mass is 9.99. The number of pyridine rings is 1. The molecule has 4 heteroatoms. The van der Waals surface area contributed by atoms with Gasteiger partial charge in [0.15, 0.2) is 0 Å². The van der Waals surface area contributed by atoms with Gasteiger partial charge in [-0.15, -0.1) is 11.8 Å². The second-order valence-corrected chi connectivity index (χ2v) is 6.07. The van der Waals surface area contributed by atoms with E-state index in [1.54, 1.807) is 11.8 Å². The lowest BCUT2D eigenvalue weighted by Gasteiger charge is -2.26. The summed E-state index contributed by atoms with van der Waals surface area (Å²) in [5, 5.41) is 10.4. The first-order chi connectivity index (χ1) is 8.03. The van der Waals surface area contributed by atoms with Crippen LogP contribution in [0.15, 0.2) is 17.2 Å². The summed E-state index contributed by atoms with van der Waals surface area (Å²) < 4.78 is 0. The Labute approximate surface area is 107 Å². The minimum Gasteiger partial charge on any atom is -0.394 e. The van der Waals surface area contributed by atoms with Crippen LogP contribution in [0.25, 0.3) is 0 Å². The number of aliphatic hydroxyl groups is 1. The molecule has 1 aromatic heterocycles. The van der Waals surface area contributed by atoms with Crippen molar-refractivity contribution in [3.05, 3.63) is 23.4 Å². The van der Waals surface area contributed by atoms with Gasteiger partial charge in [-0.1, -0.05) is 0 Å². The number of aliphatic hydroxyl groups excluding tert-OH is 1. The number of thioether (sulfide) groups is 1. The van der Waals surface area contributed by atoms with E-state index in [-0.39, 0.29) is 6.61 Å². The van der Waals surface area contributed by atoms with Crippen molar-refractivity contribution in [1.29, 1.82) is 0 Å². The second-order valence-electron chi connectivity index (χ2n) is 5.08. The molecule has 94 valence electrons. The zero-order valence-electron chi connectivity index (χ0n) is 10.4. The molecule has 3 nitrogen and oxygen atoms in total. The fourth-order valence-corrected chi connectivity index (χ4v) is 3.26. The summed E-state index contributed by atoms with van der Waals surface area (Å²) in [7, 11) is 0. The number of aromatic nitrogens is 1. The van der Waals surface area contributed by atoms with E-state index < -0.39 is 5.54 Å². The number of aryl methyl sites for hydroxylation is 2. The highest BCUT2D eigenvalue weighted by atomic mass is 32.2. The minimum atomic E-state index is -0.427. The summed E-state index contributed by atoms with van der Waals surface area (Å²) in [6.45, 7) is 4.14. The highest BCUT2D eigenvalue weighted by Gasteiger charge is 2.41. The van der Waals surface area contributed by atoms with E-state index in [4.69, 9.17) is 5.73 Å². The molecule has 1 unspecified atom stereocenters. The van der Waals surface area contributed by atoms with Gasteiger partial charge in [0.2, 0.25) is 0 Å². The Morgan fingerprint density at radius 3 is 2.71 bits per heavy atom. The molecule has 1 saturated carbocycles. The molecule has 0 spiro atoms. The van der Waals surface area contributed by atoms with E-state index >= 15 is 0 Å². The fraction of sp³-hybridized carbons (Fsp3) is 0.615. The van der Waals surface area contributed by atoms with Crippen LogP contribution in [0.1, 0.15) is 24.1 Å². The molecule has 1 aliphatic carbocycles. The Hall–Kier alpha value is -0.580. The van der Waals surface area contributed by atoms with Crippen LogP contribution in [-0.4, -0.2) is 28.0 Å². The van der Waals surface area contributed by atoms with Gasteiger partial charge in [-0.25, -0.2) is 4.98 Å². The minimum absolute atomic E-state index is 0.0649. The van der Waals surface area contributed by atoms with Crippen LogP contribution in [0, 0.1) is 19.8 Å². The molecule has 1 fully saturated rings. The summed E-state index contributed by atoms with van der Waals surface area (Å²) in [6.07, 6.45) is 2.30. The molecule has 1 aliphatic rings. The van der Waals surface area contributed by atoms with E-state index in [0.717, 1.165) is 29.3 Å². The molecule has 3 N–H and O–H groups in total. The van der Waals surface area contributed by atoms with Crippen molar-refractivity contribution in [1.82, 2.24) is 4.98 Å². The Balaban J connectivity index is 2.01. The van der Waals surface area contributed by atoms with Crippen LogP contribution in [0.5, 0.6) is 0 Å². The standard InChI is InChI=1S/C13H20N2OS/c1-9-5-10(2)15-12(6-9)17-8-13(14,7-16)11-3-4-11/h5-6,11,16H,3-4,7-8,14H2,1-2H3. The summed E-state index contributed by atoms with van der Waals surface area (Å²) in [5.74, 6) is 1.23. The molecule has 0 saturated heterocycles. The molecule has 0 radical (unpaired) electrons. The third-order valence-corrected chi connectivity index (χ3v) is 4.43. The fourth-order valence-electron chi connectivity index (χ4n) is 2.04. The van der Waals surface area contributed by atoms with Gasteiger partial charge < -0.3 is 10.8 Å². The highest BCUT2D eigenvalue weighted by molar-refractivity contribution is 7.99. The smallest absolute Gasteiger partial charge is 0.0966 e. The number of hydrogen-bond donors (Lipinski definition) is 2. The van der Waals surface area contributed by atoms with E-state index in [1.807, 2.05) is 6.92 Å². The molecule has 0 amide bonds. The third-order valence-electron chi connectivity index (χ3n) is 3.25. The van der Waals surface area contributed by atoms with Crippen molar-refractivity contribution in [2.24, 2.45) is 11.7 Å². The molecule has 0 aliphatic heterocycles. The zero-order chi connectivity index (χ0) is 12.5. The van der Waals surface area contributed by atoms with Crippen molar-refractivity contribution in [2.45, 2.75) is 37.3 Å². The lowest BCUT2D eigenvalue weighted by Crippen LogP contribution is -2.48. The maximum absolute atomic E-state index is 9.42. The van der Waals surface area contributed by atoms with Gasteiger partial charge in [-0.3, -0.25) is 0 Å². The predicted octanol–water partition coefficient (Wildman–Crippen LogP) is 1.89. The first kappa shape index (κ1) is 12.9. The van der Waals surface area contributed by atoms with Crippen LogP contribution in [0.2, 0.25) is 0 Å². The van der Waals surface area contributed by atoms with Crippen molar-refractivity contribution < 1.29 is 5.11 Å². The Bertz CT molecular complexity index is 386. The van der Waals surface area contributed by atoms with Crippen LogP contribution in [0.4, 0.5) is 0 Å². The van der Waals surface area contributed by atoms with Gasteiger partial charge in [-0.05, 0) is 50.3 Å². The molecule has 1 aromatic rings. The largest absolute Gasteiger partial charge is 0.394 e. The van der Waals surface area contributed by atoms with Gasteiger partial charge in [0.1, 0.15) is 0 Å². The molecule has 2 rings (SSSR count). The zero-order valence-corrected chi connectivity index (χ0v) is 11.3. The van der Waals surface area contributed by atoms with Crippen LogP contribution in [0.3, 0.4) is 0 Å². The van der Waals surface area contributed by atoms with Gasteiger partial charge in [-0.2, -0.15) is 0 Å². The van der Waals surface area contributed by atoms with E-state index in [0.29, 0.717) is 5.92 Å². The Kier molecular flexibility index (Phi) is 3.76. The summed E-state index contributed by atoms with van der Waals surface area (Å²) in [5.41, 5.74) is 8.05. The normalized spacial score (nSPS) is 19.1. The van der Waals surface area contributed by atoms with Gasteiger partial charge in [0.25, 0.3) is 0 Å². The summed E-state index contributed by atoms with van der Waals surface area (Å²) in [4.78, 5) is 4.48. The van der Waals surface area contributed by atoms with Crippen molar-refractivity contribution in [3.63, 3.8) is 0 Å². The predicted molar refractivity (Wildman–Crippen MR) is 71.2 cm³/mol. The SMILES string of the molecule is Cc1cc(C)nc(SCC(N)(CO)C2CC2)c1. The summed E-state index contributed by atoms with van der Waals surface area (Å²) in [6, 6.07) is 4.13. The average molecular weight is 252 g/mol. The van der Waals surface area contributed by atoms with Gasteiger partial charge in [0, 0.05) is 11.4 Å². The topological polar surface area (TPSA) is 59.1 Å². The number of nitrogens with two attached hydrogens (primary N) is 1. The van der Waals surface area contributed by atoms with Crippen molar-refractivity contribution in [3.8, 4) is 0 Å². The van der Waals surface area contributed by atoms with E-state index in [2.05, 4.69) is 24.0 Å².